The Hall–Kier alpha value is -3.38. The molecule has 152 valence electrons. The van der Waals surface area contributed by atoms with Crippen molar-refractivity contribution >= 4 is 11.9 Å². The SMILES string of the molecule is C=CCOC[C@H](NC(=O)c1ccccc1OCC=C)C(=O)OCc1ccccc1. The molecule has 0 bridgehead atoms. The quantitative estimate of drug-likeness (QED) is 0.339. The first-order valence-corrected chi connectivity index (χ1v) is 9.18. The summed E-state index contributed by atoms with van der Waals surface area (Å²) >= 11 is 0. The Balaban J connectivity index is 2.06. The van der Waals surface area contributed by atoms with Crippen molar-refractivity contribution in [2.45, 2.75) is 12.6 Å². The molecule has 2 rings (SSSR count). The second-order valence-electron chi connectivity index (χ2n) is 6.04. The van der Waals surface area contributed by atoms with Gasteiger partial charge in [-0.2, -0.15) is 0 Å². The van der Waals surface area contributed by atoms with Gasteiger partial charge in [0.15, 0.2) is 6.04 Å². The van der Waals surface area contributed by atoms with Crippen molar-refractivity contribution in [1.29, 1.82) is 0 Å². The second-order valence-corrected chi connectivity index (χ2v) is 6.04. The van der Waals surface area contributed by atoms with Crippen LogP contribution in [0.5, 0.6) is 5.75 Å². The molecule has 29 heavy (non-hydrogen) atoms. The first-order chi connectivity index (χ1) is 14.2. The maximum Gasteiger partial charge on any atom is 0.331 e. The molecule has 0 spiro atoms. The summed E-state index contributed by atoms with van der Waals surface area (Å²) < 4.78 is 16.2. The average molecular weight is 395 g/mol. The van der Waals surface area contributed by atoms with Crippen molar-refractivity contribution < 1.29 is 23.8 Å². The Labute approximate surface area is 170 Å². The zero-order chi connectivity index (χ0) is 20.9. The van der Waals surface area contributed by atoms with Crippen LogP contribution in [0, 0.1) is 0 Å². The van der Waals surface area contributed by atoms with E-state index in [4.69, 9.17) is 14.2 Å². The monoisotopic (exact) mass is 395 g/mol. The van der Waals surface area contributed by atoms with Gasteiger partial charge in [0.2, 0.25) is 0 Å². The molecule has 0 aliphatic carbocycles. The minimum atomic E-state index is -0.973. The van der Waals surface area contributed by atoms with Crippen molar-refractivity contribution in [2.24, 2.45) is 0 Å². The van der Waals surface area contributed by atoms with Crippen LogP contribution in [0.1, 0.15) is 15.9 Å². The van der Waals surface area contributed by atoms with Crippen LogP contribution < -0.4 is 10.1 Å². The number of rotatable bonds is 12. The van der Waals surface area contributed by atoms with E-state index in [1.807, 2.05) is 30.3 Å². The van der Waals surface area contributed by atoms with E-state index < -0.39 is 17.9 Å². The number of ether oxygens (including phenoxy) is 3. The fourth-order valence-electron chi connectivity index (χ4n) is 2.43. The highest BCUT2D eigenvalue weighted by Gasteiger charge is 2.24. The Morgan fingerprint density at radius 2 is 1.66 bits per heavy atom. The molecule has 0 aliphatic rings. The third-order valence-electron chi connectivity index (χ3n) is 3.82. The summed E-state index contributed by atoms with van der Waals surface area (Å²) in [5.74, 6) is -0.655. The van der Waals surface area contributed by atoms with Crippen molar-refractivity contribution in [3.8, 4) is 5.75 Å². The number of benzene rings is 2. The highest BCUT2D eigenvalue weighted by atomic mass is 16.5. The predicted octanol–water partition coefficient (Wildman–Crippen LogP) is 3.30. The molecule has 2 aromatic rings. The van der Waals surface area contributed by atoms with Crippen molar-refractivity contribution in [3.63, 3.8) is 0 Å². The summed E-state index contributed by atoms with van der Waals surface area (Å²) in [4.78, 5) is 25.3. The van der Waals surface area contributed by atoms with Crippen molar-refractivity contribution in [2.75, 3.05) is 19.8 Å². The number of carbonyl (C=O) groups excluding carboxylic acids is 2. The second kappa shape index (κ2) is 12.2. The fraction of sp³-hybridized carbons (Fsp3) is 0.217. The van der Waals surface area contributed by atoms with Crippen LogP contribution in [-0.4, -0.2) is 37.7 Å². The highest BCUT2D eigenvalue weighted by Crippen LogP contribution is 2.18. The van der Waals surface area contributed by atoms with Gasteiger partial charge in [-0.15, -0.1) is 6.58 Å². The minimum Gasteiger partial charge on any atom is -0.489 e. The summed E-state index contributed by atoms with van der Waals surface area (Å²) in [6.45, 7) is 7.74. The topological polar surface area (TPSA) is 73.9 Å². The molecular weight excluding hydrogens is 370 g/mol. The lowest BCUT2D eigenvalue weighted by Crippen LogP contribution is -2.45. The van der Waals surface area contributed by atoms with Crippen LogP contribution in [0.3, 0.4) is 0 Å². The van der Waals surface area contributed by atoms with Gasteiger partial charge in [-0.25, -0.2) is 4.79 Å². The summed E-state index contributed by atoms with van der Waals surface area (Å²) in [5.41, 5.74) is 1.15. The number of carbonyl (C=O) groups is 2. The smallest absolute Gasteiger partial charge is 0.331 e. The first-order valence-electron chi connectivity index (χ1n) is 9.18. The highest BCUT2D eigenvalue weighted by molar-refractivity contribution is 5.99. The molecule has 0 aromatic heterocycles. The molecule has 0 heterocycles. The van der Waals surface area contributed by atoms with E-state index in [-0.39, 0.29) is 26.4 Å². The van der Waals surface area contributed by atoms with E-state index in [0.29, 0.717) is 11.3 Å². The molecule has 0 saturated heterocycles. The van der Waals surface area contributed by atoms with Gasteiger partial charge in [0, 0.05) is 0 Å². The van der Waals surface area contributed by atoms with Crippen molar-refractivity contribution in [3.05, 3.63) is 91.0 Å². The van der Waals surface area contributed by atoms with Crippen LogP contribution in [0.2, 0.25) is 0 Å². The summed E-state index contributed by atoms with van der Waals surface area (Å²) in [7, 11) is 0. The summed E-state index contributed by atoms with van der Waals surface area (Å²) in [5, 5.41) is 2.67. The Kier molecular flexibility index (Phi) is 9.18. The Morgan fingerprint density at radius 3 is 2.38 bits per heavy atom. The van der Waals surface area contributed by atoms with Gasteiger partial charge < -0.3 is 19.5 Å². The van der Waals surface area contributed by atoms with Gasteiger partial charge in [-0.1, -0.05) is 61.2 Å². The lowest BCUT2D eigenvalue weighted by molar-refractivity contribution is -0.148. The summed E-state index contributed by atoms with van der Waals surface area (Å²) in [6.07, 6.45) is 3.15. The van der Waals surface area contributed by atoms with E-state index in [1.54, 1.807) is 36.4 Å². The predicted molar refractivity (Wildman–Crippen MR) is 111 cm³/mol. The van der Waals surface area contributed by atoms with E-state index in [0.717, 1.165) is 5.56 Å². The average Bonchev–Trinajstić information content (AvgIpc) is 2.76. The standard InChI is InChI=1S/C23H25NO5/c1-3-14-27-17-20(23(26)29-16-18-10-6-5-7-11-18)24-22(25)19-12-8-9-13-21(19)28-15-4-2/h3-13,20H,1-2,14-17H2,(H,24,25)/t20-/m0/s1. The summed E-state index contributed by atoms with van der Waals surface area (Å²) in [6, 6.07) is 15.1. The van der Waals surface area contributed by atoms with Crippen LogP contribution in [0.4, 0.5) is 0 Å². The molecule has 6 nitrogen and oxygen atoms in total. The lowest BCUT2D eigenvalue weighted by Gasteiger charge is -2.18. The molecule has 1 amide bonds. The van der Waals surface area contributed by atoms with Gasteiger partial charge in [0.1, 0.15) is 19.0 Å². The fourth-order valence-corrected chi connectivity index (χ4v) is 2.43. The number of hydrogen-bond acceptors (Lipinski definition) is 5. The Bertz CT molecular complexity index is 819. The maximum atomic E-state index is 12.8. The molecular formula is C23H25NO5. The van der Waals surface area contributed by atoms with E-state index in [2.05, 4.69) is 18.5 Å². The molecule has 0 unspecified atom stereocenters. The van der Waals surface area contributed by atoms with Crippen LogP contribution >= 0.6 is 0 Å². The van der Waals surface area contributed by atoms with Crippen LogP contribution in [0.15, 0.2) is 79.9 Å². The number of esters is 1. The maximum absolute atomic E-state index is 12.8. The van der Waals surface area contributed by atoms with E-state index in [1.165, 1.54) is 0 Å². The Morgan fingerprint density at radius 1 is 0.966 bits per heavy atom. The van der Waals surface area contributed by atoms with Gasteiger partial charge in [-0.05, 0) is 17.7 Å². The molecule has 6 heteroatoms. The zero-order valence-electron chi connectivity index (χ0n) is 16.2. The third kappa shape index (κ3) is 7.27. The first kappa shape index (κ1) is 21.9. The number of nitrogens with one attached hydrogen (secondary N) is 1. The zero-order valence-corrected chi connectivity index (χ0v) is 16.2. The number of hydrogen-bond donors (Lipinski definition) is 1. The van der Waals surface area contributed by atoms with Crippen LogP contribution in [0.25, 0.3) is 0 Å². The molecule has 1 atom stereocenters. The molecule has 0 fully saturated rings. The van der Waals surface area contributed by atoms with Crippen molar-refractivity contribution in [1.82, 2.24) is 5.32 Å². The molecule has 0 radical (unpaired) electrons. The van der Waals surface area contributed by atoms with Crippen LogP contribution in [-0.2, 0) is 20.9 Å². The number of para-hydroxylation sites is 1. The normalized spacial score (nSPS) is 11.2. The van der Waals surface area contributed by atoms with E-state index >= 15 is 0 Å². The van der Waals surface area contributed by atoms with Gasteiger partial charge in [-0.3, -0.25) is 4.79 Å². The molecule has 2 aromatic carbocycles. The molecule has 1 N–H and O–H groups in total. The van der Waals surface area contributed by atoms with Gasteiger partial charge >= 0.3 is 5.97 Å². The largest absolute Gasteiger partial charge is 0.489 e. The van der Waals surface area contributed by atoms with E-state index in [9.17, 15) is 9.59 Å². The van der Waals surface area contributed by atoms with Gasteiger partial charge in [0.05, 0.1) is 18.8 Å². The third-order valence-corrected chi connectivity index (χ3v) is 3.82. The minimum absolute atomic E-state index is 0.0406. The molecule has 0 saturated carbocycles. The molecule has 0 aliphatic heterocycles. The van der Waals surface area contributed by atoms with Gasteiger partial charge in [0.25, 0.3) is 5.91 Å². The lowest BCUT2D eigenvalue weighted by atomic mass is 10.1. The number of amides is 1.